The lowest BCUT2D eigenvalue weighted by molar-refractivity contribution is -0.120. The molecule has 0 unspecified atom stereocenters. The molecule has 0 aliphatic heterocycles. The number of carbonyl (C=O) groups excluding carboxylic acids is 1. The van der Waals surface area contributed by atoms with Gasteiger partial charge in [0.2, 0.25) is 11.1 Å². The van der Waals surface area contributed by atoms with Crippen molar-refractivity contribution in [3.05, 3.63) is 36.4 Å². The summed E-state index contributed by atoms with van der Waals surface area (Å²) in [5.74, 6) is 0.131. The Morgan fingerprint density at radius 2 is 2.32 bits per heavy atom. The van der Waals surface area contributed by atoms with Crippen LogP contribution >= 0.6 is 11.8 Å². The van der Waals surface area contributed by atoms with Gasteiger partial charge in [-0.1, -0.05) is 30.0 Å². The van der Waals surface area contributed by atoms with E-state index in [4.69, 9.17) is 0 Å². The van der Waals surface area contributed by atoms with Gasteiger partial charge in [-0.15, -0.1) is 5.10 Å². The summed E-state index contributed by atoms with van der Waals surface area (Å²) in [7, 11) is 0. The molecule has 1 aromatic heterocycles. The van der Waals surface area contributed by atoms with Gasteiger partial charge in [-0.2, -0.15) is 4.68 Å². The normalized spacial score (nSPS) is 17.4. The summed E-state index contributed by atoms with van der Waals surface area (Å²) in [4.78, 5) is 12.3. The number of aromatic nitrogens is 4. The van der Waals surface area contributed by atoms with Crippen molar-refractivity contribution in [1.82, 2.24) is 20.2 Å². The van der Waals surface area contributed by atoms with Crippen molar-refractivity contribution in [3.8, 4) is 5.69 Å². The van der Waals surface area contributed by atoms with Gasteiger partial charge in [0, 0.05) is 11.6 Å². The van der Waals surface area contributed by atoms with Crippen LogP contribution in [0.1, 0.15) is 19.3 Å². The number of allylic oxidation sites excluding steroid dienone is 2. The number of benzene rings is 1. The molecule has 0 fully saturated rings. The zero-order valence-electron chi connectivity index (χ0n) is 12.3. The van der Waals surface area contributed by atoms with Crippen LogP contribution in [0.25, 0.3) is 5.69 Å². The maximum absolute atomic E-state index is 12.3. The van der Waals surface area contributed by atoms with Gasteiger partial charge in [0.05, 0.1) is 5.69 Å². The molecule has 1 aromatic carbocycles. The summed E-state index contributed by atoms with van der Waals surface area (Å²) in [5, 5.41) is 15.3. The first-order valence-corrected chi connectivity index (χ1v) is 8.39. The molecule has 0 saturated heterocycles. The summed E-state index contributed by atoms with van der Waals surface area (Å²) in [5.41, 5.74) is 1.59. The first-order chi connectivity index (χ1) is 10.8. The lowest BCUT2D eigenvalue weighted by Gasteiger charge is -2.17. The topological polar surface area (TPSA) is 72.7 Å². The molecule has 1 heterocycles. The molecule has 1 aliphatic rings. The van der Waals surface area contributed by atoms with E-state index in [0.29, 0.717) is 5.16 Å². The van der Waals surface area contributed by atoms with E-state index in [1.165, 1.54) is 11.8 Å². The predicted molar refractivity (Wildman–Crippen MR) is 86.0 cm³/mol. The molecule has 2 aromatic rings. The van der Waals surface area contributed by atoms with Gasteiger partial charge in [0.25, 0.3) is 0 Å². The minimum absolute atomic E-state index is 0.0588. The molecule has 3 rings (SSSR count). The summed E-state index contributed by atoms with van der Waals surface area (Å²) in [6.45, 7) is 0. The molecule has 0 saturated carbocycles. The van der Waals surface area contributed by atoms with Crippen molar-refractivity contribution in [3.63, 3.8) is 0 Å². The maximum atomic E-state index is 12.3. The predicted octanol–water partition coefficient (Wildman–Crippen LogP) is 2.68. The number of hydrogen-bond donors (Lipinski definition) is 1. The van der Waals surface area contributed by atoms with E-state index in [2.05, 4.69) is 33.0 Å². The van der Waals surface area contributed by atoms with E-state index in [1.807, 2.05) is 30.5 Å². The molecule has 1 N–H and O–H groups in total. The number of amides is 1. The monoisotopic (exact) mass is 315 g/mol. The quantitative estimate of drug-likeness (QED) is 0.693. The van der Waals surface area contributed by atoms with Gasteiger partial charge >= 0.3 is 0 Å². The van der Waals surface area contributed by atoms with Gasteiger partial charge in [0.15, 0.2) is 0 Å². The van der Waals surface area contributed by atoms with Crippen LogP contribution in [0, 0.1) is 5.92 Å². The Morgan fingerprint density at radius 1 is 1.41 bits per heavy atom. The summed E-state index contributed by atoms with van der Waals surface area (Å²) in [6, 6.07) is 7.56. The highest BCUT2D eigenvalue weighted by atomic mass is 32.2. The lowest BCUT2D eigenvalue weighted by Crippen LogP contribution is -2.23. The van der Waals surface area contributed by atoms with Crippen LogP contribution in [0.4, 0.5) is 5.69 Å². The van der Waals surface area contributed by atoms with Crippen molar-refractivity contribution in [2.45, 2.75) is 24.4 Å². The molecule has 22 heavy (non-hydrogen) atoms. The summed E-state index contributed by atoms with van der Waals surface area (Å²) in [6.07, 6.45) is 8.83. The van der Waals surface area contributed by atoms with Crippen molar-refractivity contribution in [1.29, 1.82) is 0 Å². The average Bonchev–Trinajstić information content (AvgIpc) is 3.04. The molecular formula is C15H17N5OS. The Balaban J connectivity index is 1.76. The fourth-order valence-corrected chi connectivity index (χ4v) is 2.89. The SMILES string of the molecule is CSc1nnnn1-c1cccc(NC(=O)[C@@H]2CC=CCC2)c1. The Kier molecular flexibility index (Phi) is 4.53. The van der Waals surface area contributed by atoms with Gasteiger partial charge in [-0.25, -0.2) is 0 Å². The molecule has 0 radical (unpaired) electrons. The molecular weight excluding hydrogens is 298 g/mol. The van der Waals surface area contributed by atoms with Crippen LogP contribution in [-0.2, 0) is 4.79 Å². The smallest absolute Gasteiger partial charge is 0.227 e. The van der Waals surface area contributed by atoms with E-state index < -0.39 is 0 Å². The van der Waals surface area contributed by atoms with Crippen molar-refractivity contribution in [2.75, 3.05) is 11.6 Å². The molecule has 0 spiro atoms. The van der Waals surface area contributed by atoms with Crippen LogP contribution < -0.4 is 5.32 Å². The number of anilines is 1. The highest BCUT2D eigenvalue weighted by Crippen LogP contribution is 2.22. The number of tetrazole rings is 1. The van der Waals surface area contributed by atoms with Crippen molar-refractivity contribution in [2.24, 2.45) is 5.92 Å². The highest BCUT2D eigenvalue weighted by molar-refractivity contribution is 7.98. The van der Waals surface area contributed by atoms with Crippen LogP contribution in [0.3, 0.4) is 0 Å². The Labute approximate surface area is 133 Å². The van der Waals surface area contributed by atoms with E-state index in [0.717, 1.165) is 30.6 Å². The Bertz CT molecular complexity index is 697. The molecule has 1 amide bonds. The Hall–Kier alpha value is -2.15. The summed E-state index contributed by atoms with van der Waals surface area (Å²) >= 11 is 1.47. The van der Waals surface area contributed by atoms with Gasteiger partial charge < -0.3 is 5.32 Å². The van der Waals surface area contributed by atoms with Crippen LogP contribution in [-0.4, -0.2) is 32.4 Å². The van der Waals surface area contributed by atoms with E-state index in [9.17, 15) is 4.79 Å². The molecule has 1 aliphatic carbocycles. The molecule has 114 valence electrons. The second-order valence-corrected chi connectivity index (χ2v) is 5.87. The minimum atomic E-state index is 0.0588. The second-order valence-electron chi connectivity index (χ2n) is 5.10. The minimum Gasteiger partial charge on any atom is -0.326 e. The van der Waals surface area contributed by atoms with Crippen molar-refractivity contribution < 1.29 is 4.79 Å². The number of nitrogens with one attached hydrogen (secondary N) is 1. The zero-order valence-corrected chi connectivity index (χ0v) is 13.1. The largest absolute Gasteiger partial charge is 0.326 e. The van der Waals surface area contributed by atoms with E-state index >= 15 is 0 Å². The number of rotatable bonds is 4. The molecule has 6 nitrogen and oxygen atoms in total. The maximum Gasteiger partial charge on any atom is 0.227 e. The zero-order chi connectivity index (χ0) is 15.4. The Morgan fingerprint density at radius 3 is 3.09 bits per heavy atom. The molecule has 1 atom stereocenters. The fourth-order valence-electron chi connectivity index (χ4n) is 2.46. The molecule has 7 heteroatoms. The standard InChI is InChI=1S/C15H17N5OS/c1-22-15-17-18-19-20(15)13-9-5-8-12(10-13)16-14(21)11-6-3-2-4-7-11/h2-3,5,8-11H,4,6-7H2,1H3,(H,16,21)/t11-/m1/s1. The van der Waals surface area contributed by atoms with Gasteiger partial charge in [-0.3, -0.25) is 4.79 Å². The third-order valence-corrected chi connectivity index (χ3v) is 4.24. The third kappa shape index (κ3) is 3.19. The van der Waals surface area contributed by atoms with Crippen molar-refractivity contribution >= 4 is 23.4 Å². The average molecular weight is 315 g/mol. The fraction of sp³-hybridized carbons (Fsp3) is 0.333. The number of nitrogens with zero attached hydrogens (tertiary/aromatic N) is 4. The van der Waals surface area contributed by atoms with E-state index in [-0.39, 0.29) is 11.8 Å². The number of carbonyl (C=O) groups is 1. The van der Waals surface area contributed by atoms with Gasteiger partial charge in [0.1, 0.15) is 0 Å². The lowest BCUT2D eigenvalue weighted by atomic mass is 9.93. The first kappa shape index (κ1) is 14.8. The van der Waals surface area contributed by atoms with Gasteiger partial charge in [-0.05, 0) is 54.1 Å². The van der Waals surface area contributed by atoms with Crippen LogP contribution in [0.15, 0.2) is 41.6 Å². The first-order valence-electron chi connectivity index (χ1n) is 7.16. The van der Waals surface area contributed by atoms with E-state index in [1.54, 1.807) is 4.68 Å². The number of thioether (sulfide) groups is 1. The van der Waals surface area contributed by atoms with Crippen LogP contribution in [0.2, 0.25) is 0 Å². The highest BCUT2D eigenvalue weighted by Gasteiger charge is 2.18. The third-order valence-electron chi connectivity index (χ3n) is 3.62. The number of hydrogen-bond acceptors (Lipinski definition) is 5. The van der Waals surface area contributed by atoms with Crippen LogP contribution in [0.5, 0.6) is 0 Å². The summed E-state index contributed by atoms with van der Waals surface area (Å²) < 4.78 is 1.66. The molecule has 0 bridgehead atoms. The second kappa shape index (κ2) is 6.74.